The van der Waals surface area contributed by atoms with Crippen LogP contribution in [0.25, 0.3) is 16.2 Å². The van der Waals surface area contributed by atoms with Crippen molar-refractivity contribution in [3.05, 3.63) is 40.0 Å². The molecule has 23 heavy (non-hydrogen) atoms. The molecule has 1 aliphatic carbocycles. The zero-order valence-electron chi connectivity index (χ0n) is 13.6. The smallest absolute Gasteiger partial charge is 0.194 e. The van der Waals surface area contributed by atoms with Gasteiger partial charge in [-0.25, -0.2) is 4.98 Å². The third kappa shape index (κ3) is 2.26. The number of nitrogens with zero attached hydrogens (tertiary/aromatic N) is 2. The third-order valence-corrected chi connectivity index (χ3v) is 5.76. The van der Waals surface area contributed by atoms with Crippen LogP contribution in [0.1, 0.15) is 28.2 Å². The molecule has 0 spiro atoms. The maximum atomic E-state index is 5.89. The molecule has 0 atom stereocenters. The molecule has 3 aromatic rings. The largest absolute Gasteiger partial charge is 0.496 e. The van der Waals surface area contributed by atoms with E-state index in [1.165, 1.54) is 29.1 Å². The fraction of sp³-hybridized carbons (Fsp3) is 0.389. The average molecular weight is 327 g/mol. The molecule has 2 aromatic heterocycles. The van der Waals surface area contributed by atoms with Crippen molar-refractivity contribution in [1.82, 2.24) is 9.38 Å². The van der Waals surface area contributed by atoms with Crippen LogP contribution >= 0.6 is 11.3 Å². The summed E-state index contributed by atoms with van der Waals surface area (Å²) in [6, 6.07) is 6.28. The number of aryl methyl sites for hydroxylation is 3. The van der Waals surface area contributed by atoms with Gasteiger partial charge in [0.1, 0.15) is 5.75 Å². The van der Waals surface area contributed by atoms with E-state index < -0.39 is 0 Å². The van der Waals surface area contributed by atoms with Crippen molar-refractivity contribution in [2.45, 2.75) is 32.6 Å². The summed E-state index contributed by atoms with van der Waals surface area (Å²) in [7, 11) is 1.71. The van der Waals surface area contributed by atoms with Gasteiger partial charge in [0.2, 0.25) is 0 Å². The second-order valence-electron chi connectivity index (χ2n) is 6.07. The van der Waals surface area contributed by atoms with Crippen molar-refractivity contribution in [3.8, 4) is 17.0 Å². The zero-order valence-corrected chi connectivity index (χ0v) is 14.4. The first kappa shape index (κ1) is 14.7. The standard InChI is InChI=1S/C18H21N3OS/c1-11-10-12(6-7-15(11)22-2)17-14(8-9-19)21-13-4-3-5-16(13)23-18(21)20-17/h6-7,10H,3-5,8-9,19H2,1-2H3. The van der Waals surface area contributed by atoms with Gasteiger partial charge in [-0.05, 0) is 56.5 Å². The molecule has 0 fully saturated rings. The van der Waals surface area contributed by atoms with E-state index in [-0.39, 0.29) is 0 Å². The van der Waals surface area contributed by atoms with Gasteiger partial charge in [0.15, 0.2) is 4.96 Å². The Morgan fingerprint density at radius 1 is 1.35 bits per heavy atom. The number of thiazole rings is 1. The maximum absolute atomic E-state index is 5.89. The highest BCUT2D eigenvalue weighted by Crippen LogP contribution is 2.36. The van der Waals surface area contributed by atoms with Crippen LogP contribution in [-0.4, -0.2) is 23.0 Å². The van der Waals surface area contributed by atoms with Crippen LogP contribution < -0.4 is 10.5 Å². The summed E-state index contributed by atoms with van der Waals surface area (Å²) in [6.07, 6.45) is 4.46. The van der Waals surface area contributed by atoms with Gasteiger partial charge >= 0.3 is 0 Å². The number of methoxy groups -OCH3 is 1. The van der Waals surface area contributed by atoms with Crippen molar-refractivity contribution in [2.75, 3.05) is 13.7 Å². The number of nitrogens with two attached hydrogens (primary N) is 1. The molecule has 120 valence electrons. The fourth-order valence-corrected chi connectivity index (χ4v) is 4.79. The second-order valence-corrected chi connectivity index (χ2v) is 7.14. The third-order valence-electron chi connectivity index (χ3n) is 4.62. The first-order chi connectivity index (χ1) is 11.2. The van der Waals surface area contributed by atoms with Crippen LogP contribution in [0, 0.1) is 6.92 Å². The van der Waals surface area contributed by atoms with Crippen molar-refractivity contribution < 1.29 is 4.74 Å². The van der Waals surface area contributed by atoms with E-state index in [0.717, 1.165) is 40.4 Å². The minimum Gasteiger partial charge on any atom is -0.496 e. The molecule has 0 bridgehead atoms. The van der Waals surface area contributed by atoms with Crippen LogP contribution in [0.5, 0.6) is 5.75 Å². The molecular weight excluding hydrogens is 306 g/mol. The van der Waals surface area contributed by atoms with E-state index in [0.29, 0.717) is 6.54 Å². The van der Waals surface area contributed by atoms with Crippen LogP contribution in [0.15, 0.2) is 18.2 Å². The first-order valence-electron chi connectivity index (χ1n) is 8.10. The second kappa shape index (κ2) is 5.65. The van der Waals surface area contributed by atoms with Crippen molar-refractivity contribution in [3.63, 3.8) is 0 Å². The van der Waals surface area contributed by atoms with Gasteiger partial charge in [-0.15, -0.1) is 11.3 Å². The highest BCUT2D eigenvalue weighted by atomic mass is 32.1. The van der Waals surface area contributed by atoms with Crippen LogP contribution in [0.2, 0.25) is 0 Å². The Balaban J connectivity index is 1.91. The van der Waals surface area contributed by atoms with Gasteiger partial charge < -0.3 is 10.5 Å². The van der Waals surface area contributed by atoms with E-state index in [1.807, 2.05) is 17.4 Å². The lowest BCUT2D eigenvalue weighted by molar-refractivity contribution is 0.412. The van der Waals surface area contributed by atoms with E-state index in [1.54, 1.807) is 7.11 Å². The Kier molecular flexibility index (Phi) is 3.62. The lowest BCUT2D eigenvalue weighted by Crippen LogP contribution is -2.07. The summed E-state index contributed by atoms with van der Waals surface area (Å²) >= 11 is 1.84. The molecule has 2 heterocycles. The Morgan fingerprint density at radius 3 is 2.96 bits per heavy atom. The van der Waals surface area contributed by atoms with E-state index in [4.69, 9.17) is 15.5 Å². The molecule has 4 nitrogen and oxygen atoms in total. The molecule has 0 radical (unpaired) electrons. The van der Waals surface area contributed by atoms with Gasteiger partial charge in [0, 0.05) is 22.6 Å². The van der Waals surface area contributed by atoms with Crippen molar-refractivity contribution in [1.29, 1.82) is 0 Å². The Morgan fingerprint density at radius 2 is 2.22 bits per heavy atom. The summed E-state index contributed by atoms with van der Waals surface area (Å²) in [6.45, 7) is 2.71. The number of hydrogen-bond donors (Lipinski definition) is 1. The number of benzene rings is 1. The minimum absolute atomic E-state index is 0.639. The summed E-state index contributed by atoms with van der Waals surface area (Å²) in [4.78, 5) is 7.56. The van der Waals surface area contributed by atoms with E-state index in [2.05, 4.69) is 23.5 Å². The zero-order chi connectivity index (χ0) is 16.0. The molecule has 0 amide bonds. The monoisotopic (exact) mass is 327 g/mol. The summed E-state index contributed by atoms with van der Waals surface area (Å²) < 4.78 is 7.74. The van der Waals surface area contributed by atoms with Gasteiger partial charge in [-0.2, -0.15) is 0 Å². The van der Waals surface area contributed by atoms with Crippen molar-refractivity contribution >= 4 is 16.3 Å². The predicted molar refractivity (Wildman–Crippen MR) is 94.6 cm³/mol. The molecule has 2 N–H and O–H groups in total. The van der Waals surface area contributed by atoms with Crippen LogP contribution in [0.4, 0.5) is 0 Å². The maximum Gasteiger partial charge on any atom is 0.194 e. The number of ether oxygens (including phenoxy) is 1. The average Bonchev–Trinajstić information content (AvgIpc) is 3.19. The number of hydrogen-bond acceptors (Lipinski definition) is 4. The summed E-state index contributed by atoms with van der Waals surface area (Å²) in [5.41, 5.74) is 12.0. The van der Waals surface area contributed by atoms with Crippen LogP contribution in [-0.2, 0) is 19.3 Å². The minimum atomic E-state index is 0.639. The highest BCUT2D eigenvalue weighted by molar-refractivity contribution is 7.17. The summed E-state index contributed by atoms with van der Waals surface area (Å²) in [5.74, 6) is 0.913. The first-order valence-corrected chi connectivity index (χ1v) is 8.91. The van der Waals surface area contributed by atoms with Gasteiger partial charge in [-0.1, -0.05) is 0 Å². The summed E-state index contributed by atoms with van der Waals surface area (Å²) in [5, 5.41) is 0. The quantitative estimate of drug-likeness (QED) is 0.799. The molecule has 1 aliphatic rings. The molecular formula is C18H21N3OS. The van der Waals surface area contributed by atoms with Crippen molar-refractivity contribution in [2.24, 2.45) is 5.73 Å². The van der Waals surface area contributed by atoms with E-state index in [9.17, 15) is 0 Å². The normalized spacial score (nSPS) is 13.7. The molecule has 5 heteroatoms. The Labute approximate surface area is 139 Å². The highest BCUT2D eigenvalue weighted by Gasteiger charge is 2.24. The van der Waals surface area contributed by atoms with Gasteiger partial charge in [0.05, 0.1) is 18.5 Å². The lowest BCUT2D eigenvalue weighted by atomic mass is 10.1. The van der Waals surface area contributed by atoms with Gasteiger partial charge in [0.25, 0.3) is 0 Å². The number of fused-ring (bicyclic) bond motifs is 3. The SMILES string of the molecule is COc1ccc(-c2nc3sc4c(n3c2CCN)CCC4)cc1C. The molecule has 1 aromatic carbocycles. The van der Waals surface area contributed by atoms with Crippen LogP contribution in [0.3, 0.4) is 0 Å². The Hall–Kier alpha value is -1.85. The predicted octanol–water partition coefficient (Wildman–Crippen LogP) is 3.37. The Bertz CT molecular complexity index is 878. The van der Waals surface area contributed by atoms with Gasteiger partial charge in [-0.3, -0.25) is 4.40 Å². The lowest BCUT2D eigenvalue weighted by Gasteiger charge is -2.08. The molecule has 4 rings (SSSR count). The molecule has 0 aliphatic heterocycles. The number of imidazole rings is 1. The number of rotatable bonds is 4. The van der Waals surface area contributed by atoms with E-state index >= 15 is 0 Å². The number of aromatic nitrogens is 2. The molecule has 0 unspecified atom stereocenters. The topological polar surface area (TPSA) is 52.5 Å². The molecule has 0 saturated heterocycles. The molecule has 0 saturated carbocycles. The fourth-order valence-electron chi connectivity index (χ4n) is 3.56.